The fraction of sp³-hybridized carbons (Fsp3) is 0.654. The Bertz CT molecular complexity index is 931. The zero-order valence-electron chi connectivity index (χ0n) is 19.4. The van der Waals surface area contributed by atoms with Crippen LogP contribution in [0.4, 0.5) is 0 Å². The predicted octanol–water partition coefficient (Wildman–Crippen LogP) is 3.59. The molecule has 7 heteroatoms. The van der Waals surface area contributed by atoms with E-state index in [0.29, 0.717) is 36.5 Å². The van der Waals surface area contributed by atoms with E-state index in [4.69, 9.17) is 9.47 Å². The Morgan fingerprint density at radius 1 is 0.970 bits per heavy atom. The zero-order chi connectivity index (χ0) is 22.9. The molecule has 5 rings (SSSR count). The van der Waals surface area contributed by atoms with Crippen LogP contribution in [0.5, 0.6) is 5.75 Å². The fourth-order valence-electron chi connectivity index (χ4n) is 6.37. The van der Waals surface area contributed by atoms with Gasteiger partial charge in [0.2, 0.25) is 11.8 Å². The summed E-state index contributed by atoms with van der Waals surface area (Å²) in [4.78, 5) is 38.3. The van der Waals surface area contributed by atoms with Crippen molar-refractivity contribution in [3.05, 3.63) is 29.3 Å². The normalized spacial score (nSPS) is 32.1. The van der Waals surface area contributed by atoms with Gasteiger partial charge in [0.25, 0.3) is 5.91 Å². The number of piperidine rings is 1. The highest BCUT2D eigenvalue weighted by Crippen LogP contribution is 2.39. The molecule has 1 saturated heterocycles. The number of imide groups is 1. The predicted molar refractivity (Wildman–Crippen MR) is 122 cm³/mol. The van der Waals surface area contributed by atoms with Crippen molar-refractivity contribution >= 4 is 17.7 Å². The minimum atomic E-state index is -0.588. The lowest BCUT2D eigenvalue weighted by molar-refractivity contribution is -0.136. The molecule has 0 bridgehead atoms. The van der Waals surface area contributed by atoms with Crippen molar-refractivity contribution in [3.8, 4) is 5.75 Å². The number of fused-ring (bicyclic) bond motifs is 1. The van der Waals surface area contributed by atoms with E-state index in [0.717, 1.165) is 24.2 Å². The van der Waals surface area contributed by atoms with Crippen LogP contribution in [-0.2, 0) is 20.9 Å². The van der Waals surface area contributed by atoms with E-state index in [9.17, 15) is 14.4 Å². The molecule has 2 saturated carbocycles. The Kier molecular flexibility index (Phi) is 6.41. The number of hydrogen-bond acceptors (Lipinski definition) is 5. The first-order valence-corrected chi connectivity index (χ1v) is 12.5. The van der Waals surface area contributed by atoms with Crippen molar-refractivity contribution in [3.63, 3.8) is 0 Å². The van der Waals surface area contributed by atoms with E-state index >= 15 is 0 Å². The number of benzene rings is 1. The Hall–Kier alpha value is -2.41. The molecule has 2 aliphatic heterocycles. The molecule has 3 amide bonds. The number of amides is 3. The third kappa shape index (κ3) is 4.52. The van der Waals surface area contributed by atoms with E-state index in [2.05, 4.69) is 5.32 Å². The molecule has 5 atom stereocenters. The lowest BCUT2D eigenvalue weighted by atomic mass is 9.79. The quantitative estimate of drug-likeness (QED) is 0.664. The highest BCUT2D eigenvalue weighted by Gasteiger charge is 2.39. The molecule has 2 heterocycles. The first-order valence-electron chi connectivity index (χ1n) is 12.5. The van der Waals surface area contributed by atoms with E-state index in [1.54, 1.807) is 4.90 Å². The van der Waals surface area contributed by atoms with Crippen molar-refractivity contribution < 1.29 is 23.9 Å². The molecule has 0 spiro atoms. The number of hydrogen-bond donors (Lipinski definition) is 1. The van der Waals surface area contributed by atoms with E-state index < -0.39 is 6.04 Å². The lowest BCUT2D eigenvalue weighted by Crippen LogP contribution is -2.52. The number of methoxy groups -OCH3 is 1. The van der Waals surface area contributed by atoms with Crippen molar-refractivity contribution in [2.75, 3.05) is 7.11 Å². The number of nitrogens with zero attached hydrogens (tertiary/aromatic N) is 1. The summed E-state index contributed by atoms with van der Waals surface area (Å²) in [7, 11) is 1.84. The average Bonchev–Trinajstić information content (AvgIpc) is 3.39. The lowest BCUT2D eigenvalue weighted by Gasteiger charge is -2.34. The highest BCUT2D eigenvalue weighted by atomic mass is 16.5. The summed E-state index contributed by atoms with van der Waals surface area (Å²) in [5.74, 6) is 1.17. The van der Waals surface area contributed by atoms with Crippen LogP contribution in [0, 0.1) is 11.8 Å². The Labute approximate surface area is 195 Å². The Balaban J connectivity index is 1.26. The van der Waals surface area contributed by atoms with Gasteiger partial charge in [0, 0.05) is 25.6 Å². The van der Waals surface area contributed by atoms with Crippen molar-refractivity contribution in [2.24, 2.45) is 11.8 Å². The summed E-state index contributed by atoms with van der Waals surface area (Å²) in [6.45, 7) is 0.378. The summed E-state index contributed by atoms with van der Waals surface area (Å²) in [5, 5.41) is 2.36. The van der Waals surface area contributed by atoms with Gasteiger partial charge in [0.15, 0.2) is 0 Å². The molecule has 178 valence electrons. The second-order valence-corrected chi connectivity index (χ2v) is 10.1. The zero-order valence-corrected chi connectivity index (χ0v) is 19.4. The molecule has 0 radical (unpaired) electrons. The van der Waals surface area contributed by atoms with Gasteiger partial charge < -0.3 is 14.4 Å². The second-order valence-electron chi connectivity index (χ2n) is 10.1. The largest absolute Gasteiger partial charge is 0.490 e. The molecule has 1 aromatic rings. The minimum Gasteiger partial charge on any atom is -0.490 e. The standard InChI is InChI=1S/C26H34N2O5/c1-32-22-8-4-6-16(22)13-17-5-2-3-7-23(17)33-19-9-10-20-18(14-19)15-28(26(20)31)21-11-12-24(29)27-25(21)30/h9-10,14,16-17,21-23H,2-8,11-13,15H2,1H3,(H,27,29,30)/t16-,17+,21?,22+,23+/m1/s1. The first kappa shape index (κ1) is 22.4. The molecule has 4 aliphatic rings. The third-order valence-corrected chi connectivity index (χ3v) is 8.12. The van der Waals surface area contributed by atoms with Crippen molar-refractivity contribution in [1.82, 2.24) is 10.2 Å². The number of rotatable bonds is 6. The number of nitrogens with one attached hydrogen (secondary N) is 1. The molecule has 33 heavy (non-hydrogen) atoms. The number of ether oxygens (including phenoxy) is 2. The van der Waals surface area contributed by atoms with Gasteiger partial charge in [-0.3, -0.25) is 19.7 Å². The van der Waals surface area contributed by atoms with E-state index in [1.807, 2.05) is 25.3 Å². The summed E-state index contributed by atoms with van der Waals surface area (Å²) in [6.07, 6.45) is 10.8. The molecule has 7 nitrogen and oxygen atoms in total. The molecular weight excluding hydrogens is 420 g/mol. The van der Waals surface area contributed by atoms with Crippen LogP contribution in [0.2, 0.25) is 0 Å². The van der Waals surface area contributed by atoms with Gasteiger partial charge >= 0.3 is 0 Å². The maximum atomic E-state index is 12.9. The molecule has 1 unspecified atom stereocenters. The van der Waals surface area contributed by atoms with Crippen LogP contribution in [0.3, 0.4) is 0 Å². The fourth-order valence-corrected chi connectivity index (χ4v) is 6.37. The molecule has 1 N–H and O–H groups in total. The Morgan fingerprint density at radius 3 is 2.55 bits per heavy atom. The number of carbonyl (C=O) groups excluding carboxylic acids is 3. The third-order valence-electron chi connectivity index (χ3n) is 8.12. The van der Waals surface area contributed by atoms with Crippen LogP contribution in [0.1, 0.15) is 80.1 Å². The maximum absolute atomic E-state index is 12.9. The van der Waals surface area contributed by atoms with Gasteiger partial charge in [-0.2, -0.15) is 0 Å². The SMILES string of the molecule is CO[C@H]1CCC[C@@H]1C[C@@H]1CCCC[C@@H]1Oc1ccc2c(c1)CN(C1CCC(=O)NC1=O)C2=O. The molecule has 0 aromatic heterocycles. The minimum absolute atomic E-state index is 0.145. The first-order chi connectivity index (χ1) is 16.0. The molecular formula is C26H34N2O5. The number of carbonyl (C=O) groups is 3. The molecule has 2 aliphatic carbocycles. The molecule has 1 aromatic carbocycles. The topological polar surface area (TPSA) is 84.9 Å². The highest BCUT2D eigenvalue weighted by molar-refractivity contribution is 6.05. The van der Waals surface area contributed by atoms with Gasteiger partial charge in [0.1, 0.15) is 17.9 Å². The maximum Gasteiger partial charge on any atom is 0.255 e. The van der Waals surface area contributed by atoms with Crippen LogP contribution in [-0.4, -0.2) is 48.0 Å². The van der Waals surface area contributed by atoms with Crippen molar-refractivity contribution in [2.45, 2.75) is 89.0 Å². The summed E-state index contributed by atoms with van der Waals surface area (Å²) in [6, 6.07) is 5.10. The van der Waals surface area contributed by atoms with E-state index in [1.165, 1.54) is 38.5 Å². The summed E-state index contributed by atoms with van der Waals surface area (Å²) in [5.41, 5.74) is 1.52. The van der Waals surface area contributed by atoms with Gasteiger partial charge in [-0.15, -0.1) is 0 Å². The summed E-state index contributed by atoms with van der Waals surface area (Å²) < 4.78 is 12.3. The van der Waals surface area contributed by atoms with Crippen molar-refractivity contribution in [1.29, 1.82) is 0 Å². The Morgan fingerprint density at radius 2 is 1.73 bits per heavy atom. The average molecular weight is 455 g/mol. The smallest absolute Gasteiger partial charge is 0.255 e. The summed E-state index contributed by atoms with van der Waals surface area (Å²) >= 11 is 0. The van der Waals surface area contributed by atoms with Crippen LogP contribution >= 0.6 is 0 Å². The van der Waals surface area contributed by atoms with Gasteiger partial charge in [-0.05, 0) is 80.5 Å². The van der Waals surface area contributed by atoms with Crippen LogP contribution in [0.25, 0.3) is 0 Å². The molecule has 3 fully saturated rings. The van der Waals surface area contributed by atoms with Crippen LogP contribution < -0.4 is 10.1 Å². The van der Waals surface area contributed by atoms with Gasteiger partial charge in [0.05, 0.1) is 6.10 Å². The second kappa shape index (κ2) is 9.45. The monoisotopic (exact) mass is 454 g/mol. The van der Waals surface area contributed by atoms with Gasteiger partial charge in [-0.1, -0.05) is 12.8 Å². The van der Waals surface area contributed by atoms with E-state index in [-0.39, 0.29) is 30.2 Å². The van der Waals surface area contributed by atoms with Crippen LogP contribution in [0.15, 0.2) is 18.2 Å². The van der Waals surface area contributed by atoms with Gasteiger partial charge in [-0.25, -0.2) is 0 Å².